The number of benzene rings is 2. The van der Waals surface area contributed by atoms with Crippen LogP contribution in [0.3, 0.4) is 0 Å². The number of hydrogen-bond acceptors (Lipinski definition) is 1. The highest BCUT2D eigenvalue weighted by Crippen LogP contribution is 2.43. The summed E-state index contributed by atoms with van der Waals surface area (Å²) in [6, 6.07) is 13.8. The predicted octanol–water partition coefficient (Wildman–Crippen LogP) is 6.83. The van der Waals surface area contributed by atoms with E-state index in [1.54, 1.807) is 18.2 Å². The van der Waals surface area contributed by atoms with Gasteiger partial charge in [0.25, 0.3) is 6.43 Å². The Bertz CT molecular complexity index is 884. The number of halogens is 5. The average Bonchev–Trinajstić information content (AvgIpc) is 2.60. The maximum Gasteiger partial charge on any atom is 0.256 e. The largest absolute Gasteiger partial charge is 0.334 e. The number of rotatable bonds is 4. The Balaban J connectivity index is 2.35. The molecule has 0 atom stereocenters. The van der Waals surface area contributed by atoms with Gasteiger partial charge in [-0.2, -0.15) is 0 Å². The van der Waals surface area contributed by atoms with Crippen LogP contribution in [0.2, 0.25) is 0 Å². The molecule has 2 aromatic carbocycles. The van der Waals surface area contributed by atoms with Crippen LogP contribution in [-0.2, 0) is 0 Å². The van der Waals surface area contributed by atoms with Crippen molar-refractivity contribution in [2.24, 2.45) is 0 Å². The van der Waals surface area contributed by atoms with Crippen LogP contribution in [0.5, 0.6) is 0 Å². The fourth-order valence-corrected chi connectivity index (χ4v) is 3.83. The molecule has 0 aromatic heterocycles. The first kappa shape index (κ1) is 19.0. The minimum atomic E-state index is -2.61. The topological polar surface area (TPSA) is 3.24 Å². The standard InChI is InChI=1S/C20H14Br2F3N/c1-12-16(22)10-14(13-6-3-2-4-7-13)20(26(12)11-18(24)25)19-15(21)8-5-9-17(19)23/h2-10,18H,1,11H2. The molecule has 0 spiro atoms. The van der Waals surface area contributed by atoms with Crippen LogP contribution in [0.1, 0.15) is 11.1 Å². The first-order valence-electron chi connectivity index (χ1n) is 7.76. The van der Waals surface area contributed by atoms with Crippen molar-refractivity contribution in [3.8, 4) is 0 Å². The normalized spacial score (nSPS) is 14.9. The summed E-state index contributed by atoms with van der Waals surface area (Å²) in [5.41, 5.74) is 2.37. The molecule has 0 amide bonds. The van der Waals surface area contributed by atoms with E-state index in [1.807, 2.05) is 30.3 Å². The molecular formula is C20H14Br2F3N. The van der Waals surface area contributed by atoms with E-state index in [9.17, 15) is 13.2 Å². The second-order valence-electron chi connectivity index (χ2n) is 5.67. The fourth-order valence-electron chi connectivity index (χ4n) is 2.86. The summed E-state index contributed by atoms with van der Waals surface area (Å²) in [7, 11) is 0. The van der Waals surface area contributed by atoms with E-state index in [1.165, 1.54) is 11.0 Å². The van der Waals surface area contributed by atoms with Crippen molar-refractivity contribution in [3.05, 3.63) is 92.8 Å². The first-order valence-corrected chi connectivity index (χ1v) is 9.35. The molecule has 0 saturated heterocycles. The van der Waals surface area contributed by atoms with E-state index in [4.69, 9.17) is 0 Å². The van der Waals surface area contributed by atoms with Gasteiger partial charge >= 0.3 is 0 Å². The highest BCUT2D eigenvalue weighted by atomic mass is 79.9. The Morgan fingerprint density at radius 3 is 2.31 bits per heavy atom. The van der Waals surface area contributed by atoms with Gasteiger partial charge in [-0.25, -0.2) is 13.2 Å². The summed E-state index contributed by atoms with van der Waals surface area (Å²) >= 11 is 6.76. The molecule has 0 aliphatic carbocycles. The molecule has 0 radical (unpaired) electrons. The van der Waals surface area contributed by atoms with Crippen molar-refractivity contribution >= 4 is 43.1 Å². The zero-order valence-corrected chi connectivity index (χ0v) is 16.7. The summed E-state index contributed by atoms with van der Waals surface area (Å²) in [6.07, 6.45) is -0.823. The maximum atomic E-state index is 14.7. The Kier molecular flexibility index (Phi) is 5.73. The van der Waals surface area contributed by atoms with Crippen molar-refractivity contribution in [1.29, 1.82) is 0 Å². The molecule has 0 fully saturated rings. The summed E-state index contributed by atoms with van der Waals surface area (Å²) in [5, 5.41) is 0. The van der Waals surface area contributed by atoms with Crippen LogP contribution in [0.25, 0.3) is 11.3 Å². The zero-order chi connectivity index (χ0) is 18.8. The van der Waals surface area contributed by atoms with Gasteiger partial charge in [0, 0.05) is 25.8 Å². The van der Waals surface area contributed by atoms with Gasteiger partial charge < -0.3 is 4.90 Å². The Morgan fingerprint density at radius 2 is 1.69 bits per heavy atom. The lowest BCUT2D eigenvalue weighted by molar-refractivity contribution is 0.123. The van der Waals surface area contributed by atoms with Gasteiger partial charge in [-0.15, -0.1) is 0 Å². The summed E-state index contributed by atoms with van der Waals surface area (Å²) in [6.45, 7) is 3.31. The molecule has 1 heterocycles. The molecule has 0 unspecified atom stereocenters. The van der Waals surface area contributed by atoms with Crippen LogP contribution < -0.4 is 0 Å². The van der Waals surface area contributed by atoms with Gasteiger partial charge in [0.2, 0.25) is 0 Å². The molecule has 2 aromatic rings. The molecule has 1 aliphatic rings. The van der Waals surface area contributed by atoms with E-state index in [-0.39, 0.29) is 5.56 Å². The van der Waals surface area contributed by atoms with Crippen molar-refractivity contribution < 1.29 is 13.2 Å². The lowest BCUT2D eigenvalue weighted by Crippen LogP contribution is -2.30. The van der Waals surface area contributed by atoms with E-state index in [0.29, 0.717) is 25.9 Å². The van der Waals surface area contributed by atoms with Gasteiger partial charge in [0.1, 0.15) is 5.82 Å². The number of allylic oxidation sites excluding steroid dienone is 3. The van der Waals surface area contributed by atoms with Crippen LogP contribution in [0.4, 0.5) is 13.2 Å². The monoisotopic (exact) mass is 483 g/mol. The molecule has 0 bridgehead atoms. The number of hydrogen-bond donors (Lipinski definition) is 0. The number of nitrogens with zero attached hydrogens (tertiary/aromatic N) is 1. The Hall–Kier alpha value is -1.79. The van der Waals surface area contributed by atoms with Gasteiger partial charge in [0.05, 0.1) is 12.2 Å². The molecule has 0 N–H and O–H groups in total. The minimum Gasteiger partial charge on any atom is -0.334 e. The maximum absolute atomic E-state index is 14.7. The average molecular weight is 485 g/mol. The highest BCUT2D eigenvalue weighted by molar-refractivity contribution is 9.12. The molecule has 3 rings (SSSR count). The van der Waals surface area contributed by atoms with Gasteiger partial charge in [0.15, 0.2) is 0 Å². The van der Waals surface area contributed by atoms with Crippen LogP contribution >= 0.6 is 31.9 Å². The van der Waals surface area contributed by atoms with Crippen molar-refractivity contribution in [3.63, 3.8) is 0 Å². The van der Waals surface area contributed by atoms with Gasteiger partial charge in [-0.3, -0.25) is 0 Å². The molecule has 134 valence electrons. The summed E-state index contributed by atoms with van der Waals surface area (Å²) in [4.78, 5) is 1.36. The third kappa shape index (κ3) is 3.67. The van der Waals surface area contributed by atoms with E-state index < -0.39 is 18.8 Å². The first-order chi connectivity index (χ1) is 12.4. The third-order valence-electron chi connectivity index (χ3n) is 4.00. The number of alkyl halides is 2. The zero-order valence-electron chi connectivity index (χ0n) is 13.5. The highest BCUT2D eigenvalue weighted by Gasteiger charge is 2.30. The van der Waals surface area contributed by atoms with E-state index >= 15 is 0 Å². The van der Waals surface area contributed by atoms with Crippen LogP contribution in [-0.4, -0.2) is 17.9 Å². The fraction of sp³-hybridized carbons (Fsp3) is 0.100. The van der Waals surface area contributed by atoms with Gasteiger partial charge in [-0.05, 0) is 55.6 Å². The quantitative estimate of drug-likeness (QED) is 0.459. The summed E-state index contributed by atoms with van der Waals surface area (Å²) < 4.78 is 42.4. The molecule has 26 heavy (non-hydrogen) atoms. The SMILES string of the molecule is C=C1C(Br)=CC(c2ccccc2)=C(c2c(F)cccc2Br)N1CC(F)F. The van der Waals surface area contributed by atoms with Crippen LogP contribution in [0.15, 0.2) is 75.8 Å². The molecule has 1 aliphatic heterocycles. The van der Waals surface area contributed by atoms with Crippen molar-refractivity contribution in [2.75, 3.05) is 6.54 Å². The van der Waals surface area contributed by atoms with Crippen molar-refractivity contribution in [1.82, 2.24) is 4.90 Å². The lowest BCUT2D eigenvalue weighted by atomic mass is 9.94. The third-order valence-corrected chi connectivity index (χ3v) is 5.35. The predicted molar refractivity (Wildman–Crippen MR) is 106 cm³/mol. The van der Waals surface area contributed by atoms with Crippen molar-refractivity contribution in [2.45, 2.75) is 6.43 Å². The molecule has 0 saturated carbocycles. The lowest BCUT2D eigenvalue weighted by Gasteiger charge is -2.35. The van der Waals surface area contributed by atoms with E-state index in [0.717, 1.165) is 5.56 Å². The second-order valence-corrected chi connectivity index (χ2v) is 7.37. The molecule has 1 nitrogen and oxygen atoms in total. The second kappa shape index (κ2) is 7.84. The molecular weight excluding hydrogens is 471 g/mol. The smallest absolute Gasteiger partial charge is 0.256 e. The van der Waals surface area contributed by atoms with Gasteiger partial charge in [-0.1, -0.05) is 43.0 Å². The Labute approximate surface area is 166 Å². The molecule has 6 heteroatoms. The Morgan fingerprint density at radius 1 is 1.00 bits per heavy atom. The minimum absolute atomic E-state index is 0.226. The summed E-state index contributed by atoms with van der Waals surface area (Å²) in [5.74, 6) is -0.499. The van der Waals surface area contributed by atoms with Crippen LogP contribution in [0, 0.1) is 5.82 Å². The van der Waals surface area contributed by atoms with E-state index in [2.05, 4.69) is 38.4 Å².